The van der Waals surface area contributed by atoms with Gasteiger partial charge in [-0.25, -0.2) is 0 Å². The van der Waals surface area contributed by atoms with E-state index in [0.29, 0.717) is 6.42 Å². The van der Waals surface area contributed by atoms with Crippen molar-refractivity contribution in [2.45, 2.75) is 32.8 Å². The van der Waals surface area contributed by atoms with E-state index < -0.39 is 11.9 Å². The van der Waals surface area contributed by atoms with E-state index in [-0.39, 0.29) is 25.7 Å². The quantitative estimate of drug-likeness (QED) is 0.540. The summed E-state index contributed by atoms with van der Waals surface area (Å²) in [6.45, 7) is 4.05. The minimum Gasteiger partial charge on any atom is -0.491 e. The maximum absolute atomic E-state index is 11.3. The lowest BCUT2D eigenvalue weighted by atomic mass is 10.3. The Labute approximate surface area is 118 Å². The van der Waals surface area contributed by atoms with E-state index in [1.165, 1.54) is 0 Å². The number of ether oxygens (including phenoxy) is 3. The third-order valence-electron chi connectivity index (χ3n) is 2.46. The van der Waals surface area contributed by atoms with Crippen molar-refractivity contribution in [2.24, 2.45) is 0 Å². The molecule has 0 N–H and O–H groups in total. The van der Waals surface area contributed by atoms with Crippen LogP contribution in [0, 0.1) is 0 Å². The van der Waals surface area contributed by atoms with Crippen LogP contribution in [-0.2, 0) is 19.1 Å². The van der Waals surface area contributed by atoms with Gasteiger partial charge in [0.05, 0.1) is 19.3 Å². The predicted molar refractivity (Wildman–Crippen MR) is 73.4 cm³/mol. The molecular formula is C15H20O5. The van der Waals surface area contributed by atoms with Crippen molar-refractivity contribution in [1.82, 2.24) is 0 Å². The number of para-hydroxylation sites is 1. The van der Waals surface area contributed by atoms with Gasteiger partial charge in [0, 0.05) is 6.42 Å². The van der Waals surface area contributed by atoms with Crippen LogP contribution in [0.3, 0.4) is 0 Å². The maximum Gasteiger partial charge on any atom is 0.317 e. The molecule has 0 amide bonds. The van der Waals surface area contributed by atoms with Crippen LogP contribution in [-0.4, -0.2) is 31.3 Å². The highest BCUT2D eigenvalue weighted by atomic mass is 16.6. The van der Waals surface area contributed by atoms with Crippen molar-refractivity contribution in [1.29, 1.82) is 0 Å². The van der Waals surface area contributed by atoms with Crippen LogP contribution in [0.5, 0.6) is 5.75 Å². The van der Waals surface area contributed by atoms with Crippen molar-refractivity contribution in [3.05, 3.63) is 30.3 Å². The highest BCUT2D eigenvalue weighted by molar-refractivity contribution is 5.91. The summed E-state index contributed by atoms with van der Waals surface area (Å²) in [6, 6.07) is 9.42. The Morgan fingerprint density at radius 3 is 2.40 bits per heavy atom. The van der Waals surface area contributed by atoms with Gasteiger partial charge in [0.15, 0.2) is 0 Å². The van der Waals surface area contributed by atoms with Gasteiger partial charge in [0.2, 0.25) is 0 Å². The molecule has 0 saturated carbocycles. The van der Waals surface area contributed by atoms with E-state index >= 15 is 0 Å². The minimum absolute atomic E-state index is 0.0761. The molecule has 0 aliphatic rings. The fraction of sp³-hybridized carbons (Fsp3) is 0.467. The number of rotatable bonds is 8. The highest BCUT2D eigenvalue weighted by Crippen LogP contribution is 2.12. The number of benzene rings is 1. The van der Waals surface area contributed by atoms with Crippen LogP contribution in [0.15, 0.2) is 30.3 Å². The Balaban J connectivity index is 2.17. The van der Waals surface area contributed by atoms with E-state index in [2.05, 4.69) is 4.74 Å². The average Bonchev–Trinajstić information content (AvgIpc) is 2.39. The van der Waals surface area contributed by atoms with Crippen LogP contribution in [0.1, 0.15) is 26.7 Å². The summed E-state index contributed by atoms with van der Waals surface area (Å²) >= 11 is 0. The number of esters is 2. The van der Waals surface area contributed by atoms with Gasteiger partial charge in [-0.15, -0.1) is 0 Å². The number of carbonyl (C=O) groups excluding carboxylic acids is 2. The fourth-order valence-electron chi connectivity index (χ4n) is 1.51. The normalized spacial score (nSPS) is 11.5. The van der Waals surface area contributed by atoms with Crippen LogP contribution in [0.25, 0.3) is 0 Å². The van der Waals surface area contributed by atoms with Crippen molar-refractivity contribution >= 4 is 11.9 Å². The SMILES string of the molecule is CCOC(=O)CC(=O)OCCC(C)Oc1ccccc1. The van der Waals surface area contributed by atoms with Gasteiger partial charge in [0.1, 0.15) is 12.2 Å². The third kappa shape index (κ3) is 6.78. The zero-order chi connectivity index (χ0) is 14.8. The van der Waals surface area contributed by atoms with Crippen LogP contribution >= 0.6 is 0 Å². The van der Waals surface area contributed by atoms with Gasteiger partial charge < -0.3 is 14.2 Å². The van der Waals surface area contributed by atoms with Crippen molar-refractivity contribution in [2.75, 3.05) is 13.2 Å². The molecular weight excluding hydrogens is 260 g/mol. The van der Waals surface area contributed by atoms with E-state index in [0.717, 1.165) is 5.75 Å². The highest BCUT2D eigenvalue weighted by Gasteiger charge is 2.12. The molecule has 5 heteroatoms. The van der Waals surface area contributed by atoms with Crippen LogP contribution in [0.2, 0.25) is 0 Å². The topological polar surface area (TPSA) is 61.8 Å². The first-order valence-electron chi connectivity index (χ1n) is 6.64. The molecule has 110 valence electrons. The molecule has 0 bridgehead atoms. The molecule has 0 spiro atoms. The second kappa shape index (κ2) is 8.96. The predicted octanol–water partition coefficient (Wildman–Crippen LogP) is 2.34. The molecule has 1 aromatic carbocycles. The lowest BCUT2D eigenvalue weighted by Crippen LogP contribution is -2.18. The maximum atomic E-state index is 11.3. The van der Waals surface area contributed by atoms with Crippen molar-refractivity contribution in [3.8, 4) is 5.75 Å². The second-order valence-electron chi connectivity index (χ2n) is 4.23. The monoisotopic (exact) mass is 280 g/mol. The van der Waals surface area contributed by atoms with Crippen molar-refractivity contribution in [3.63, 3.8) is 0 Å². The van der Waals surface area contributed by atoms with Crippen LogP contribution in [0.4, 0.5) is 0 Å². The first-order valence-corrected chi connectivity index (χ1v) is 6.64. The van der Waals surface area contributed by atoms with Gasteiger partial charge >= 0.3 is 11.9 Å². The Morgan fingerprint density at radius 1 is 1.10 bits per heavy atom. The van der Waals surface area contributed by atoms with Gasteiger partial charge in [0.25, 0.3) is 0 Å². The Hall–Kier alpha value is -2.04. The second-order valence-corrected chi connectivity index (χ2v) is 4.23. The molecule has 0 heterocycles. The zero-order valence-electron chi connectivity index (χ0n) is 11.8. The van der Waals surface area contributed by atoms with Crippen LogP contribution < -0.4 is 4.74 Å². The molecule has 20 heavy (non-hydrogen) atoms. The number of hydrogen-bond donors (Lipinski definition) is 0. The molecule has 0 aliphatic carbocycles. The van der Waals surface area contributed by atoms with E-state index in [9.17, 15) is 9.59 Å². The number of hydrogen-bond acceptors (Lipinski definition) is 5. The number of carbonyl (C=O) groups is 2. The third-order valence-corrected chi connectivity index (χ3v) is 2.46. The van der Waals surface area contributed by atoms with E-state index in [1.54, 1.807) is 6.92 Å². The lowest BCUT2D eigenvalue weighted by molar-refractivity contribution is -0.154. The van der Waals surface area contributed by atoms with E-state index in [1.807, 2.05) is 37.3 Å². The summed E-state index contributed by atoms with van der Waals surface area (Å²) in [7, 11) is 0. The summed E-state index contributed by atoms with van der Waals surface area (Å²) in [5, 5.41) is 0. The summed E-state index contributed by atoms with van der Waals surface area (Å²) in [6.07, 6.45) is 0.137. The first-order chi connectivity index (χ1) is 9.61. The Morgan fingerprint density at radius 2 is 1.75 bits per heavy atom. The average molecular weight is 280 g/mol. The first kappa shape index (κ1) is 16.0. The van der Waals surface area contributed by atoms with Gasteiger partial charge in [-0.1, -0.05) is 18.2 Å². The fourth-order valence-corrected chi connectivity index (χ4v) is 1.51. The van der Waals surface area contributed by atoms with Crippen molar-refractivity contribution < 1.29 is 23.8 Å². The summed E-state index contributed by atoms with van der Waals surface area (Å²) < 4.78 is 15.2. The molecule has 0 aliphatic heterocycles. The largest absolute Gasteiger partial charge is 0.491 e. The summed E-state index contributed by atoms with van der Waals surface area (Å²) in [4.78, 5) is 22.3. The molecule has 0 saturated heterocycles. The molecule has 5 nitrogen and oxygen atoms in total. The molecule has 1 aromatic rings. The summed E-state index contributed by atoms with van der Waals surface area (Å²) in [5.74, 6) is -0.362. The molecule has 0 aromatic heterocycles. The molecule has 1 unspecified atom stereocenters. The Bertz CT molecular complexity index is 416. The van der Waals surface area contributed by atoms with Gasteiger partial charge in [-0.2, -0.15) is 0 Å². The molecule has 1 rings (SSSR count). The van der Waals surface area contributed by atoms with Gasteiger partial charge in [-0.3, -0.25) is 9.59 Å². The molecule has 1 atom stereocenters. The summed E-state index contributed by atoms with van der Waals surface area (Å²) in [5.41, 5.74) is 0. The Kier molecular flexibility index (Phi) is 7.17. The molecule has 0 fully saturated rings. The minimum atomic E-state index is -0.574. The smallest absolute Gasteiger partial charge is 0.317 e. The standard InChI is InChI=1S/C15H20O5/c1-3-18-14(16)11-15(17)19-10-9-12(2)20-13-7-5-4-6-8-13/h4-8,12H,3,9-11H2,1-2H3. The van der Waals surface area contributed by atoms with E-state index in [4.69, 9.17) is 9.47 Å². The zero-order valence-corrected chi connectivity index (χ0v) is 11.8. The molecule has 0 radical (unpaired) electrons. The van der Waals surface area contributed by atoms with Gasteiger partial charge in [-0.05, 0) is 26.0 Å². The lowest BCUT2D eigenvalue weighted by Gasteiger charge is -2.14.